The minimum absolute atomic E-state index is 0.141. The molecule has 0 aromatic heterocycles. The van der Waals surface area contributed by atoms with Gasteiger partial charge in [0.1, 0.15) is 5.75 Å². The zero-order valence-electron chi connectivity index (χ0n) is 30.0. The Morgan fingerprint density at radius 3 is 1.49 bits per heavy atom. The highest BCUT2D eigenvalue weighted by Crippen LogP contribution is 2.52. The summed E-state index contributed by atoms with van der Waals surface area (Å²) in [5, 5.41) is 24.1. The summed E-state index contributed by atoms with van der Waals surface area (Å²) in [6.45, 7) is 4.96. The zero-order chi connectivity index (χ0) is 35.8. The molecule has 0 fully saturated rings. The van der Waals surface area contributed by atoms with Crippen LogP contribution in [0.3, 0.4) is 0 Å². The third-order valence-corrected chi connectivity index (χ3v) is 12.0. The molecule has 8 aromatic rings. The highest BCUT2D eigenvalue weighted by atomic mass is 16.3. The number of hydrogen-bond acceptors (Lipinski definition) is 2. The molecule has 0 bridgehead atoms. The van der Waals surface area contributed by atoms with E-state index in [1.54, 1.807) is 6.07 Å². The van der Waals surface area contributed by atoms with Crippen LogP contribution in [-0.2, 0) is 5.41 Å². The Morgan fingerprint density at radius 1 is 0.453 bits per heavy atom. The minimum atomic E-state index is -0.141. The van der Waals surface area contributed by atoms with Crippen molar-refractivity contribution in [2.24, 2.45) is 0 Å². The van der Waals surface area contributed by atoms with E-state index in [1.807, 2.05) is 12.1 Å². The van der Waals surface area contributed by atoms with Gasteiger partial charge in [0.15, 0.2) is 0 Å². The van der Waals surface area contributed by atoms with E-state index in [-0.39, 0.29) is 12.0 Å². The molecule has 0 aliphatic heterocycles. The van der Waals surface area contributed by atoms with Crippen molar-refractivity contribution in [2.75, 3.05) is 6.61 Å². The van der Waals surface area contributed by atoms with Crippen molar-refractivity contribution in [2.45, 2.75) is 38.0 Å². The number of fused-ring (bicyclic) bond motifs is 8. The lowest BCUT2D eigenvalue weighted by Crippen LogP contribution is -2.15. The van der Waals surface area contributed by atoms with Gasteiger partial charge in [-0.05, 0) is 161 Å². The first kappa shape index (κ1) is 31.7. The van der Waals surface area contributed by atoms with E-state index in [9.17, 15) is 10.2 Å². The van der Waals surface area contributed by atoms with Crippen LogP contribution in [0.1, 0.15) is 54.9 Å². The molecule has 2 nitrogen and oxygen atoms in total. The van der Waals surface area contributed by atoms with Gasteiger partial charge in [0, 0.05) is 17.9 Å². The van der Waals surface area contributed by atoms with Crippen molar-refractivity contribution >= 4 is 21.5 Å². The van der Waals surface area contributed by atoms with Crippen LogP contribution >= 0.6 is 0 Å². The number of hydrogen-bond donors (Lipinski definition) is 2. The van der Waals surface area contributed by atoms with Crippen LogP contribution in [-0.4, -0.2) is 16.8 Å². The molecule has 2 heteroatoms. The van der Waals surface area contributed by atoms with Gasteiger partial charge in [0.25, 0.3) is 0 Å². The molecule has 1 unspecified atom stereocenters. The van der Waals surface area contributed by atoms with E-state index in [2.05, 4.69) is 147 Å². The monoisotopic (exact) mass is 684 g/mol. The maximum absolute atomic E-state index is 9.87. The van der Waals surface area contributed by atoms with Crippen molar-refractivity contribution < 1.29 is 10.2 Å². The second-order valence-corrected chi connectivity index (χ2v) is 15.5. The molecule has 0 spiro atoms. The molecular weight excluding hydrogens is 645 g/mol. The van der Waals surface area contributed by atoms with Gasteiger partial charge in [-0.1, -0.05) is 117 Å². The average molecular weight is 685 g/mol. The van der Waals surface area contributed by atoms with Gasteiger partial charge in [0.2, 0.25) is 0 Å². The van der Waals surface area contributed by atoms with E-state index < -0.39 is 0 Å². The van der Waals surface area contributed by atoms with Crippen molar-refractivity contribution in [3.05, 3.63) is 174 Å². The molecule has 2 aliphatic rings. The van der Waals surface area contributed by atoms with E-state index in [1.165, 1.54) is 88.7 Å². The first-order valence-electron chi connectivity index (χ1n) is 18.8. The lowest BCUT2D eigenvalue weighted by molar-refractivity contribution is 0.282. The molecule has 10 rings (SSSR count). The maximum atomic E-state index is 9.87. The summed E-state index contributed by atoms with van der Waals surface area (Å²) in [6, 6.07) is 55.3. The molecule has 256 valence electrons. The zero-order valence-corrected chi connectivity index (χ0v) is 30.0. The molecule has 1 atom stereocenters. The van der Waals surface area contributed by atoms with Gasteiger partial charge in [-0.2, -0.15) is 0 Å². The van der Waals surface area contributed by atoms with Crippen molar-refractivity contribution in [3.63, 3.8) is 0 Å². The molecule has 0 heterocycles. The summed E-state index contributed by atoms with van der Waals surface area (Å²) in [5.41, 5.74) is 18.0. The number of benzene rings is 8. The number of aliphatic hydroxyl groups excluding tert-OH is 1. The molecule has 53 heavy (non-hydrogen) atoms. The number of aromatic hydroxyl groups is 1. The SMILES string of the molecule is CC1(C)c2cc(-c3ccc4c(c3)C(CCCO)c3ccccc3-4)ccc2-c2ccc(-c3ccc4cc(-c5ccc6cc(O)ccc6c5)ccc4c3)cc21. The van der Waals surface area contributed by atoms with Gasteiger partial charge >= 0.3 is 0 Å². The summed E-state index contributed by atoms with van der Waals surface area (Å²) in [6.07, 6.45) is 1.76. The van der Waals surface area contributed by atoms with Crippen LogP contribution in [0.15, 0.2) is 152 Å². The minimum Gasteiger partial charge on any atom is -0.508 e. The smallest absolute Gasteiger partial charge is 0.116 e. The summed E-state index contributed by atoms with van der Waals surface area (Å²) in [5.74, 6) is 0.611. The number of aliphatic hydroxyl groups is 1. The predicted molar refractivity (Wildman–Crippen MR) is 221 cm³/mol. The van der Waals surface area contributed by atoms with Crippen LogP contribution in [0.5, 0.6) is 5.75 Å². The van der Waals surface area contributed by atoms with Crippen molar-refractivity contribution in [3.8, 4) is 61.4 Å². The van der Waals surface area contributed by atoms with Gasteiger partial charge in [-0.25, -0.2) is 0 Å². The lowest BCUT2D eigenvalue weighted by Gasteiger charge is -2.23. The fourth-order valence-corrected chi connectivity index (χ4v) is 9.21. The third kappa shape index (κ3) is 5.12. The molecule has 0 amide bonds. The summed E-state index contributed by atoms with van der Waals surface area (Å²) in [4.78, 5) is 0. The second kappa shape index (κ2) is 12.0. The largest absolute Gasteiger partial charge is 0.508 e. The Balaban J connectivity index is 0.959. The first-order valence-corrected chi connectivity index (χ1v) is 18.8. The fraction of sp³-hybridized carbons (Fsp3) is 0.137. The van der Waals surface area contributed by atoms with Crippen LogP contribution in [0.25, 0.3) is 77.2 Å². The molecule has 0 saturated heterocycles. The number of phenols is 1. The van der Waals surface area contributed by atoms with Gasteiger partial charge < -0.3 is 10.2 Å². The van der Waals surface area contributed by atoms with Gasteiger partial charge in [-0.15, -0.1) is 0 Å². The molecular formula is C51H40O2. The quantitative estimate of drug-likeness (QED) is 0.183. The van der Waals surface area contributed by atoms with Crippen LogP contribution in [0.2, 0.25) is 0 Å². The number of phenolic OH excluding ortho intramolecular Hbond substituents is 1. The van der Waals surface area contributed by atoms with E-state index in [0.717, 1.165) is 23.6 Å². The Hall–Kier alpha value is -5.96. The van der Waals surface area contributed by atoms with Crippen LogP contribution < -0.4 is 0 Å². The Labute approximate surface area is 310 Å². The molecule has 0 radical (unpaired) electrons. The second-order valence-electron chi connectivity index (χ2n) is 15.5. The average Bonchev–Trinajstić information content (AvgIpc) is 3.63. The van der Waals surface area contributed by atoms with Crippen LogP contribution in [0, 0.1) is 0 Å². The summed E-state index contributed by atoms with van der Waals surface area (Å²) >= 11 is 0. The summed E-state index contributed by atoms with van der Waals surface area (Å²) < 4.78 is 0. The predicted octanol–water partition coefficient (Wildman–Crippen LogP) is 12.9. The normalized spacial score (nSPS) is 15.0. The molecule has 0 saturated carbocycles. The molecule has 8 aromatic carbocycles. The Bertz CT molecular complexity index is 2770. The topological polar surface area (TPSA) is 40.5 Å². The highest BCUT2D eigenvalue weighted by molar-refractivity contribution is 5.94. The van der Waals surface area contributed by atoms with E-state index in [4.69, 9.17) is 0 Å². The number of rotatable bonds is 6. The maximum Gasteiger partial charge on any atom is 0.116 e. The first-order chi connectivity index (χ1) is 25.9. The fourth-order valence-electron chi connectivity index (χ4n) is 9.21. The van der Waals surface area contributed by atoms with Gasteiger partial charge in [-0.3, -0.25) is 0 Å². The third-order valence-electron chi connectivity index (χ3n) is 12.0. The van der Waals surface area contributed by atoms with Gasteiger partial charge in [0.05, 0.1) is 0 Å². The highest BCUT2D eigenvalue weighted by Gasteiger charge is 2.36. The lowest BCUT2D eigenvalue weighted by atomic mass is 9.80. The van der Waals surface area contributed by atoms with Crippen molar-refractivity contribution in [1.29, 1.82) is 0 Å². The molecule has 2 N–H and O–H groups in total. The van der Waals surface area contributed by atoms with E-state index in [0.29, 0.717) is 11.7 Å². The van der Waals surface area contributed by atoms with Crippen molar-refractivity contribution in [1.82, 2.24) is 0 Å². The Morgan fingerprint density at radius 2 is 0.906 bits per heavy atom. The van der Waals surface area contributed by atoms with E-state index >= 15 is 0 Å². The standard InChI is InChI=1S/C51H40O2/c1-51(2)49-29-39(35-12-11-32-24-31(9-10-33(32)25-35)34-13-14-37-27-41(53)19-15-36(37)26-34)17-21-46(49)47-22-18-40(30-50(47)51)38-16-20-45-43-7-4-3-6-42(43)44(8-5-23-52)48(45)28-38/h3-4,6-7,9-22,24-30,44,52-53H,5,8,23H2,1-2H3. The van der Waals surface area contributed by atoms with Crippen LogP contribution in [0.4, 0.5) is 0 Å². The Kier molecular flexibility index (Phi) is 7.22. The summed E-state index contributed by atoms with van der Waals surface area (Å²) in [7, 11) is 0. The molecule has 2 aliphatic carbocycles.